The lowest BCUT2D eigenvalue weighted by atomic mass is 9.58. The van der Waals surface area contributed by atoms with Crippen LogP contribution in [-0.2, 0) is 10.2 Å². The number of amides is 1. The number of rotatable bonds is 4. The first-order valence-corrected chi connectivity index (χ1v) is 8.87. The van der Waals surface area contributed by atoms with E-state index in [9.17, 15) is 4.79 Å². The molecule has 0 spiro atoms. The molecule has 130 valence electrons. The standard InChI is InChI=1S/C18H25N3O2S/c1-11-9-18(10-11,16(22)20-21-17(24)19-2)14-6-13(12-4-5-12)7-15(8-14)23-3/h6-8,11-12H,4-5,9-10H2,1-3H3,(H,20,22)(H2,19,21,24). The Labute approximate surface area is 148 Å². The molecular weight excluding hydrogens is 322 g/mol. The van der Waals surface area contributed by atoms with E-state index in [0.29, 0.717) is 16.9 Å². The van der Waals surface area contributed by atoms with Crippen molar-refractivity contribution in [2.24, 2.45) is 5.92 Å². The van der Waals surface area contributed by atoms with E-state index in [1.165, 1.54) is 18.4 Å². The topological polar surface area (TPSA) is 62.4 Å². The maximum atomic E-state index is 12.9. The van der Waals surface area contributed by atoms with E-state index in [2.05, 4.69) is 35.2 Å². The Morgan fingerprint density at radius 3 is 2.50 bits per heavy atom. The summed E-state index contributed by atoms with van der Waals surface area (Å²) >= 11 is 5.04. The number of benzene rings is 1. The minimum Gasteiger partial charge on any atom is -0.497 e. The molecule has 0 aliphatic heterocycles. The van der Waals surface area contributed by atoms with Crippen molar-refractivity contribution in [2.45, 2.75) is 43.9 Å². The fraction of sp³-hybridized carbons (Fsp3) is 0.556. The maximum Gasteiger partial charge on any atom is 0.249 e. The molecule has 0 bridgehead atoms. The van der Waals surface area contributed by atoms with Crippen LogP contribution in [0.1, 0.15) is 49.7 Å². The van der Waals surface area contributed by atoms with Gasteiger partial charge in [-0.25, -0.2) is 0 Å². The molecule has 3 N–H and O–H groups in total. The second kappa shape index (κ2) is 6.59. The molecular formula is C18H25N3O2S. The molecule has 3 rings (SSSR count). The average molecular weight is 347 g/mol. The number of methoxy groups -OCH3 is 1. The third kappa shape index (κ3) is 3.20. The molecule has 2 aliphatic rings. The number of hydrogen-bond donors (Lipinski definition) is 3. The second-order valence-corrected chi connectivity index (χ2v) is 7.43. The molecule has 1 aromatic carbocycles. The summed E-state index contributed by atoms with van der Waals surface area (Å²) in [5, 5.41) is 3.19. The maximum absolute atomic E-state index is 12.9. The summed E-state index contributed by atoms with van der Waals surface area (Å²) in [4.78, 5) is 12.9. The second-order valence-electron chi connectivity index (χ2n) is 7.02. The molecule has 2 aliphatic carbocycles. The van der Waals surface area contributed by atoms with Gasteiger partial charge in [0.2, 0.25) is 5.91 Å². The lowest BCUT2D eigenvalue weighted by Crippen LogP contribution is -2.57. The van der Waals surface area contributed by atoms with Crippen LogP contribution in [0.15, 0.2) is 18.2 Å². The lowest BCUT2D eigenvalue weighted by molar-refractivity contribution is -0.132. The first-order valence-electron chi connectivity index (χ1n) is 8.46. The van der Waals surface area contributed by atoms with Crippen LogP contribution < -0.4 is 20.9 Å². The number of nitrogens with one attached hydrogen (secondary N) is 3. The van der Waals surface area contributed by atoms with E-state index in [0.717, 1.165) is 24.2 Å². The van der Waals surface area contributed by atoms with E-state index in [1.54, 1.807) is 14.2 Å². The lowest BCUT2D eigenvalue weighted by Gasteiger charge is -2.45. The number of hydrazine groups is 1. The monoisotopic (exact) mass is 347 g/mol. The molecule has 2 fully saturated rings. The SMILES string of the molecule is CNC(=S)NNC(=O)C1(c2cc(OC)cc(C3CC3)c2)CC(C)C1. The van der Waals surface area contributed by atoms with Crippen LogP contribution in [0.25, 0.3) is 0 Å². The van der Waals surface area contributed by atoms with Crippen molar-refractivity contribution in [2.75, 3.05) is 14.2 Å². The quantitative estimate of drug-likeness (QED) is 0.577. The molecule has 0 aromatic heterocycles. The van der Waals surface area contributed by atoms with Gasteiger partial charge in [0.05, 0.1) is 12.5 Å². The van der Waals surface area contributed by atoms with Crippen molar-refractivity contribution in [1.29, 1.82) is 0 Å². The zero-order chi connectivity index (χ0) is 17.3. The Morgan fingerprint density at radius 2 is 1.96 bits per heavy atom. The summed E-state index contributed by atoms with van der Waals surface area (Å²) in [6, 6.07) is 6.30. The van der Waals surface area contributed by atoms with Crippen LogP contribution in [0.3, 0.4) is 0 Å². The highest BCUT2D eigenvalue weighted by Gasteiger charge is 2.50. The van der Waals surface area contributed by atoms with E-state index in [-0.39, 0.29) is 5.91 Å². The summed E-state index contributed by atoms with van der Waals surface area (Å²) < 4.78 is 5.48. The predicted molar refractivity (Wildman–Crippen MR) is 98.0 cm³/mol. The first-order chi connectivity index (χ1) is 11.5. The molecule has 24 heavy (non-hydrogen) atoms. The van der Waals surface area contributed by atoms with E-state index in [4.69, 9.17) is 17.0 Å². The number of carbonyl (C=O) groups excluding carboxylic acids is 1. The first kappa shape index (κ1) is 17.0. The van der Waals surface area contributed by atoms with Gasteiger partial charge in [0.25, 0.3) is 0 Å². The van der Waals surface area contributed by atoms with Gasteiger partial charge in [0, 0.05) is 7.05 Å². The van der Waals surface area contributed by atoms with Crippen LogP contribution >= 0.6 is 12.2 Å². The highest BCUT2D eigenvalue weighted by Crippen LogP contribution is 2.50. The molecule has 1 amide bonds. The van der Waals surface area contributed by atoms with Gasteiger partial charge in [-0.3, -0.25) is 15.6 Å². The van der Waals surface area contributed by atoms with Crippen molar-refractivity contribution in [1.82, 2.24) is 16.2 Å². The fourth-order valence-corrected chi connectivity index (χ4v) is 3.70. The van der Waals surface area contributed by atoms with E-state index in [1.807, 2.05) is 6.07 Å². The van der Waals surface area contributed by atoms with Gasteiger partial charge in [-0.2, -0.15) is 0 Å². The van der Waals surface area contributed by atoms with Crippen molar-refractivity contribution in [3.8, 4) is 5.75 Å². The smallest absolute Gasteiger partial charge is 0.249 e. The van der Waals surface area contributed by atoms with Crippen LogP contribution in [-0.4, -0.2) is 25.2 Å². The molecule has 6 heteroatoms. The summed E-state index contributed by atoms with van der Waals surface area (Å²) in [5.41, 5.74) is 7.36. The van der Waals surface area contributed by atoms with Crippen LogP contribution in [0.4, 0.5) is 0 Å². The molecule has 2 saturated carbocycles. The third-order valence-electron chi connectivity index (χ3n) is 5.11. The van der Waals surface area contributed by atoms with Crippen molar-refractivity contribution in [3.05, 3.63) is 29.3 Å². The zero-order valence-electron chi connectivity index (χ0n) is 14.4. The number of hydrogen-bond acceptors (Lipinski definition) is 3. The molecule has 0 saturated heterocycles. The summed E-state index contributed by atoms with van der Waals surface area (Å²) in [6.07, 6.45) is 4.12. The Morgan fingerprint density at radius 1 is 1.25 bits per heavy atom. The van der Waals surface area contributed by atoms with Crippen LogP contribution in [0, 0.1) is 5.92 Å². The summed E-state index contributed by atoms with van der Waals surface area (Å²) in [6.45, 7) is 2.18. The zero-order valence-corrected chi connectivity index (χ0v) is 15.3. The predicted octanol–water partition coefficient (Wildman–Crippen LogP) is 2.37. The molecule has 0 unspecified atom stereocenters. The molecule has 0 heterocycles. The molecule has 0 radical (unpaired) electrons. The molecule has 0 atom stereocenters. The highest BCUT2D eigenvalue weighted by molar-refractivity contribution is 7.80. The van der Waals surface area contributed by atoms with Crippen LogP contribution in [0.2, 0.25) is 0 Å². The van der Waals surface area contributed by atoms with Gasteiger partial charge < -0.3 is 10.1 Å². The largest absolute Gasteiger partial charge is 0.497 e. The Bertz CT molecular complexity index is 652. The summed E-state index contributed by atoms with van der Waals surface area (Å²) in [7, 11) is 3.39. The van der Waals surface area contributed by atoms with E-state index >= 15 is 0 Å². The third-order valence-corrected chi connectivity index (χ3v) is 5.42. The Kier molecular flexibility index (Phi) is 4.67. The normalized spacial score (nSPS) is 25.4. The van der Waals surface area contributed by atoms with E-state index < -0.39 is 5.41 Å². The van der Waals surface area contributed by atoms with Crippen LogP contribution in [0.5, 0.6) is 5.75 Å². The van der Waals surface area contributed by atoms with Crippen molar-refractivity contribution in [3.63, 3.8) is 0 Å². The highest BCUT2D eigenvalue weighted by atomic mass is 32.1. The van der Waals surface area contributed by atoms with Crippen molar-refractivity contribution < 1.29 is 9.53 Å². The molecule has 1 aromatic rings. The van der Waals surface area contributed by atoms with Gasteiger partial charge in [0.15, 0.2) is 5.11 Å². The van der Waals surface area contributed by atoms with Gasteiger partial charge >= 0.3 is 0 Å². The van der Waals surface area contributed by atoms with Gasteiger partial charge in [-0.15, -0.1) is 0 Å². The van der Waals surface area contributed by atoms with Gasteiger partial charge in [0.1, 0.15) is 5.75 Å². The number of thiocarbonyl (C=S) groups is 1. The Hall–Kier alpha value is -1.82. The minimum absolute atomic E-state index is 0.0341. The van der Waals surface area contributed by atoms with Gasteiger partial charge in [-0.05, 0) is 73.0 Å². The average Bonchev–Trinajstić information content (AvgIpc) is 3.40. The van der Waals surface area contributed by atoms with Crippen molar-refractivity contribution >= 4 is 23.2 Å². The number of ether oxygens (including phenoxy) is 1. The molecule has 5 nitrogen and oxygen atoms in total. The Balaban J connectivity index is 1.88. The minimum atomic E-state index is -0.506. The summed E-state index contributed by atoms with van der Waals surface area (Å²) in [5.74, 6) is 1.95. The van der Waals surface area contributed by atoms with Gasteiger partial charge in [-0.1, -0.05) is 13.0 Å². The fourth-order valence-electron chi connectivity index (χ4n) is 3.65. The number of carbonyl (C=O) groups is 1.